The molecule has 1 aliphatic carbocycles. The quantitative estimate of drug-likeness (QED) is 0.434. The van der Waals surface area contributed by atoms with Gasteiger partial charge >= 0.3 is 18.1 Å². The summed E-state index contributed by atoms with van der Waals surface area (Å²) >= 11 is 0. The van der Waals surface area contributed by atoms with Crippen LogP contribution in [0.5, 0.6) is 0 Å². The van der Waals surface area contributed by atoms with Gasteiger partial charge in [0.2, 0.25) is 0 Å². The number of amides is 3. The summed E-state index contributed by atoms with van der Waals surface area (Å²) in [5, 5.41) is 7.77. The second kappa shape index (κ2) is 11.2. The summed E-state index contributed by atoms with van der Waals surface area (Å²) in [6.07, 6.45) is -0.770. The molecule has 0 aromatic heterocycles. The van der Waals surface area contributed by atoms with Crippen LogP contribution in [0.3, 0.4) is 0 Å². The molecule has 0 heterocycles. The average Bonchev–Trinajstić information content (AvgIpc) is 3.22. The molecule has 1 atom stereocenters. The molecule has 0 spiro atoms. The van der Waals surface area contributed by atoms with Crippen LogP contribution in [0, 0.1) is 0 Å². The van der Waals surface area contributed by atoms with Gasteiger partial charge in [0.1, 0.15) is 12.6 Å². The molecular formula is C27H27N3O5. The number of hydrogen-bond acceptors (Lipinski definition) is 5. The van der Waals surface area contributed by atoms with E-state index in [0.29, 0.717) is 6.54 Å². The predicted molar refractivity (Wildman–Crippen MR) is 131 cm³/mol. The maximum atomic E-state index is 12.5. The zero-order valence-corrected chi connectivity index (χ0v) is 19.3. The Morgan fingerprint density at radius 1 is 0.829 bits per heavy atom. The third kappa shape index (κ3) is 5.78. The molecule has 0 unspecified atom stereocenters. The molecule has 0 saturated carbocycles. The normalized spacial score (nSPS) is 12.6. The Balaban J connectivity index is 1.31. The number of alkyl carbamates (subject to hydrolysis) is 1. The van der Waals surface area contributed by atoms with Crippen molar-refractivity contribution in [2.45, 2.75) is 18.5 Å². The minimum absolute atomic E-state index is 0.105. The molecule has 1 aliphatic rings. The Hall–Kier alpha value is -4.33. The number of urea groups is 1. The van der Waals surface area contributed by atoms with Crippen LogP contribution >= 0.6 is 0 Å². The van der Waals surface area contributed by atoms with E-state index in [1.54, 1.807) is 0 Å². The van der Waals surface area contributed by atoms with Crippen LogP contribution < -0.4 is 16.0 Å². The van der Waals surface area contributed by atoms with E-state index in [9.17, 15) is 14.4 Å². The lowest BCUT2D eigenvalue weighted by molar-refractivity contribution is -0.142. The highest BCUT2D eigenvalue weighted by atomic mass is 16.6. The van der Waals surface area contributed by atoms with Crippen molar-refractivity contribution in [1.29, 1.82) is 0 Å². The molecule has 3 aromatic carbocycles. The van der Waals surface area contributed by atoms with Crippen LogP contribution in [0.15, 0.2) is 78.9 Å². The molecule has 3 N–H and O–H groups in total. The summed E-state index contributed by atoms with van der Waals surface area (Å²) in [6, 6.07) is 23.9. The molecule has 0 aliphatic heterocycles. The van der Waals surface area contributed by atoms with Gasteiger partial charge in [0.05, 0.1) is 13.7 Å². The van der Waals surface area contributed by atoms with E-state index in [4.69, 9.17) is 9.47 Å². The largest absolute Gasteiger partial charge is 0.467 e. The van der Waals surface area contributed by atoms with Crippen molar-refractivity contribution in [3.05, 3.63) is 95.6 Å². The molecule has 0 fully saturated rings. The molecule has 8 nitrogen and oxygen atoms in total. The molecule has 0 bridgehead atoms. The van der Waals surface area contributed by atoms with Gasteiger partial charge in [0.25, 0.3) is 0 Å². The van der Waals surface area contributed by atoms with E-state index in [-0.39, 0.29) is 19.1 Å². The molecule has 3 aromatic rings. The lowest BCUT2D eigenvalue weighted by atomic mass is 9.98. The first kappa shape index (κ1) is 23.8. The third-order valence-corrected chi connectivity index (χ3v) is 5.88. The van der Waals surface area contributed by atoms with Gasteiger partial charge in [-0.1, -0.05) is 78.9 Å². The Bertz CT molecular complexity index is 1150. The average molecular weight is 474 g/mol. The zero-order valence-electron chi connectivity index (χ0n) is 19.3. The van der Waals surface area contributed by atoms with Crippen LogP contribution in [0.25, 0.3) is 11.1 Å². The molecule has 0 saturated heterocycles. The maximum Gasteiger partial charge on any atom is 0.407 e. The van der Waals surface area contributed by atoms with Gasteiger partial charge in [0.15, 0.2) is 0 Å². The molecule has 4 rings (SSSR count). The molecule has 0 radical (unpaired) electrons. The number of carbonyl (C=O) groups is 3. The summed E-state index contributed by atoms with van der Waals surface area (Å²) in [5.41, 5.74) is 5.35. The second-order valence-corrected chi connectivity index (χ2v) is 8.09. The van der Waals surface area contributed by atoms with Gasteiger partial charge in [-0.2, -0.15) is 0 Å². The number of hydrogen-bond donors (Lipinski definition) is 3. The standard InChI is InChI=1S/C27H27N3O5/c1-34-25(31)24(16-29-26(32)28-15-18-9-3-2-4-10-18)30-27(33)35-17-23-21-13-7-5-11-19(21)20-12-6-8-14-22(20)23/h2-14,23-24H,15-17H2,1H3,(H,30,33)(H2,28,29,32)/t24-/m0/s1. The van der Waals surface area contributed by atoms with Gasteiger partial charge in [-0.3, -0.25) is 0 Å². The highest BCUT2D eigenvalue weighted by Crippen LogP contribution is 2.44. The summed E-state index contributed by atoms with van der Waals surface area (Å²) in [7, 11) is 1.21. The lowest BCUT2D eigenvalue weighted by Gasteiger charge is -2.19. The van der Waals surface area contributed by atoms with Crippen molar-refractivity contribution in [3.63, 3.8) is 0 Å². The van der Waals surface area contributed by atoms with Gasteiger partial charge in [-0.05, 0) is 27.8 Å². The lowest BCUT2D eigenvalue weighted by Crippen LogP contribution is -2.50. The van der Waals surface area contributed by atoms with Crippen LogP contribution in [0.2, 0.25) is 0 Å². The maximum absolute atomic E-state index is 12.5. The summed E-state index contributed by atoms with van der Waals surface area (Å²) in [4.78, 5) is 36.8. The first-order valence-electron chi connectivity index (χ1n) is 11.3. The van der Waals surface area contributed by atoms with E-state index >= 15 is 0 Å². The van der Waals surface area contributed by atoms with Gasteiger partial charge in [0, 0.05) is 12.5 Å². The van der Waals surface area contributed by atoms with Crippen LogP contribution in [-0.2, 0) is 20.8 Å². The summed E-state index contributed by atoms with van der Waals surface area (Å²) < 4.78 is 10.3. The number of esters is 1. The Kier molecular flexibility index (Phi) is 7.62. The number of rotatable bonds is 8. The Morgan fingerprint density at radius 3 is 2.06 bits per heavy atom. The van der Waals surface area contributed by atoms with Crippen LogP contribution in [-0.4, -0.2) is 44.4 Å². The monoisotopic (exact) mass is 473 g/mol. The molecule has 3 amide bonds. The molecule has 180 valence electrons. The minimum Gasteiger partial charge on any atom is -0.467 e. The number of benzene rings is 3. The van der Waals surface area contributed by atoms with E-state index < -0.39 is 24.1 Å². The minimum atomic E-state index is -1.10. The number of fused-ring (bicyclic) bond motifs is 3. The number of ether oxygens (including phenoxy) is 2. The number of nitrogens with one attached hydrogen (secondary N) is 3. The van der Waals surface area contributed by atoms with Gasteiger partial charge in [-0.15, -0.1) is 0 Å². The van der Waals surface area contributed by atoms with Crippen molar-refractivity contribution in [1.82, 2.24) is 16.0 Å². The SMILES string of the molecule is COC(=O)[C@H](CNC(=O)NCc1ccccc1)NC(=O)OCC1c2ccccc2-c2ccccc21. The van der Waals surface area contributed by atoms with Crippen LogP contribution in [0.4, 0.5) is 9.59 Å². The van der Waals surface area contributed by atoms with Gasteiger partial charge < -0.3 is 25.4 Å². The molecular weight excluding hydrogens is 446 g/mol. The smallest absolute Gasteiger partial charge is 0.407 e. The van der Waals surface area contributed by atoms with Crippen LogP contribution in [0.1, 0.15) is 22.6 Å². The Morgan fingerprint density at radius 2 is 1.43 bits per heavy atom. The molecule has 8 heteroatoms. The number of carbonyl (C=O) groups excluding carboxylic acids is 3. The molecule has 35 heavy (non-hydrogen) atoms. The third-order valence-electron chi connectivity index (χ3n) is 5.88. The van der Waals surface area contributed by atoms with E-state index in [1.807, 2.05) is 66.7 Å². The fourth-order valence-electron chi connectivity index (χ4n) is 4.15. The first-order valence-corrected chi connectivity index (χ1v) is 11.3. The summed E-state index contributed by atoms with van der Waals surface area (Å²) in [6.45, 7) is 0.283. The van der Waals surface area contributed by atoms with E-state index in [0.717, 1.165) is 27.8 Å². The van der Waals surface area contributed by atoms with Crippen molar-refractivity contribution in [3.8, 4) is 11.1 Å². The second-order valence-electron chi connectivity index (χ2n) is 8.09. The van der Waals surface area contributed by atoms with Crippen molar-refractivity contribution in [2.75, 3.05) is 20.3 Å². The fraction of sp³-hybridized carbons (Fsp3) is 0.222. The van der Waals surface area contributed by atoms with Gasteiger partial charge in [-0.25, -0.2) is 14.4 Å². The van der Waals surface area contributed by atoms with Crippen molar-refractivity contribution in [2.24, 2.45) is 0 Å². The van der Waals surface area contributed by atoms with E-state index in [1.165, 1.54) is 7.11 Å². The number of methoxy groups -OCH3 is 1. The highest BCUT2D eigenvalue weighted by molar-refractivity contribution is 5.83. The zero-order chi connectivity index (χ0) is 24.6. The first-order chi connectivity index (χ1) is 17.1. The highest BCUT2D eigenvalue weighted by Gasteiger charge is 2.30. The van der Waals surface area contributed by atoms with Crippen molar-refractivity contribution < 1.29 is 23.9 Å². The van der Waals surface area contributed by atoms with Crippen molar-refractivity contribution >= 4 is 18.1 Å². The fourth-order valence-corrected chi connectivity index (χ4v) is 4.15. The van der Waals surface area contributed by atoms with E-state index in [2.05, 4.69) is 28.1 Å². The predicted octanol–water partition coefficient (Wildman–Crippen LogP) is 3.57. The Labute approximate surface area is 203 Å². The summed E-state index contributed by atoms with van der Waals surface area (Å²) in [5.74, 6) is -0.798. The topological polar surface area (TPSA) is 106 Å².